The average molecular weight is 425 g/mol. The van der Waals surface area contributed by atoms with Crippen LogP contribution in [0.15, 0.2) is 11.6 Å². The molecule has 1 aliphatic rings. The molecule has 0 amide bonds. The number of hydrogen-bond donors (Lipinski definition) is 1. The molecule has 0 aliphatic carbocycles. The topological polar surface area (TPSA) is 89.9 Å². The first kappa shape index (κ1) is 26.5. The van der Waals surface area contributed by atoms with Crippen molar-refractivity contribution in [3.05, 3.63) is 11.6 Å². The summed E-state index contributed by atoms with van der Waals surface area (Å²) in [4.78, 5) is 45.7. The van der Waals surface area contributed by atoms with E-state index in [1.165, 1.54) is 5.57 Å². The number of rotatable bonds is 13. The van der Waals surface area contributed by atoms with Crippen LogP contribution in [-0.4, -0.2) is 34.3 Å². The van der Waals surface area contributed by atoms with E-state index in [1.54, 1.807) is 13.8 Å². The van der Waals surface area contributed by atoms with Crippen molar-refractivity contribution in [1.29, 1.82) is 0 Å². The number of carboxylic acid groups (broad SMARTS) is 1. The molecule has 3 atom stereocenters. The van der Waals surface area contributed by atoms with Gasteiger partial charge in [-0.3, -0.25) is 9.59 Å². The Balaban J connectivity index is 2.37. The van der Waals surface area contributed by atoms with Crippen molar-refractivity contribution in [3.63, 3.8) is 0 Å². The Morgan fingerprint density at radius 1 is 1.20 bits per heavy atom. The molecule has 0 saturated carbocycles. The molecule has 0 radical (unpaired) electrons. The fourth-order valence-corrected chi connectivity index (χ4v) is 3.67. The zero-order valence-corrected chi connectivity index (χ0v) is 19.6. The van der Waals surface area contributed by atoms with E-state index in [4.69, 9.17) is 14.9 Å². The Hall–Kier alpha value is -1.53. The molecule has 0 unspecified atom stereocenters. The highest BCUT2D eigenvalue weighted by atomic mass is 17.2. The zero-order chi connectivity index (χ0) is 22.9. The highest BCUT2D eigenvalue weighted by Gasteiger charge is 2.37. The third-order valence-electron chi connectivity index (χ3n) is 6.28. The third-order valence-corrected chi connectivity index (χ3v) is 6.28. The molecule has 0 spiro atoms. The van der Waals surface area contributed by atoms with Crippen molar-refractivity contribution in [2.75, 3.05) is 0 Å². The van der Waals surface area contributed by atoms with Crippen molar-refractivity contribution >= 4 is 17.5 Å². The first-order valence-corrected chi connectivity index (χ1v) is 11.1. The van der Waals surface area contributed by atoms with Crippen LogP contribution in [0.2, 0.25) is 0 Å². The van der Waals surface area contributed by atoms with Crippen LogP contribution in [0, 0.1) is 11.3 Å². The van der Waals surface area contributed by atoms with E-state index >= 15 is 0 Å². The number of Topliss-reactive ketones (excluding diaryl/α,β-unsaturated/α-hetero) is 2. The Bertz CT molecular complexity index is 626. The quantitative estimate of drug-likeness (QED) is 0.313. The molecule has 0 aromatic rings. The number of ketones is 2. The first-order chi connectivity index (χ1) is 13.9. The van der Waals surface area contributed by atoms with Crippen LogP contribution in [0.3, 0.4) is 0 Å². The van der Waals surface area contributed by atoms with E-state index < -0.39 is 23.6 Å². The minimum absolute atomic E-state index is 0.171. The molecular weight excluding hydrogens is 384 g/mol. The van der Waals surface area contributed by atoms with Crippen LogP contribution in [0.5, 0.6) is 0 Å². The summed E-state index contributed by atoms with van der Waals surface area (Å²) < 4.78 is 0. The maximum Gasteiger partial charge on any atom is 0.308 e. The molecule has 6 heteroatoms. The van der Waals surface area contributed by atoms with E-state index in [0.29, 0.717) is 19.3 Å². The fraction of sp³-hybridized carbons (Fsp3) is 0.792. The summed E-state index contributed by atoms with van der Waals surface area (Å²) in [5.74, 6) is -1.04. The van der Waals surface area contributed by atoms with E-state index in [0.717, 1.165) is 38.5 Å². The minimum atomic E-state index is -0.873. The summed E-state index contributed by atoms with van der Waals surface area (Å²) in [5.41, 5.74) is 0.376. The van der Waals surface area contributed by atoms with E-state index in [2.05, 4.69) is 6.08 Å². The van der Waals surface area contributed by atoms with Gasteiger partial charge in [-0.25, -0.2) is 9.78 Å². The van der Waals surface area contributed by atoms with Crippen molar-refractivity contribution < 1.29 is 29.3 Å². The molecule has 0 aromatic heterocycles. The lowest BCUT2D eigenvalue weighted by Crippen LogP contribution is -2.41. The first-order valence-electron chi connectivity index (χ1n) is 11.1. The van der Waals surface area contributed by atoms with Gasteiger partial charge < -0.3 is 9.90 Å². The van der Waals surface area contributed by atoms with Gasteiger partial charge in [0.1, 0.15) is 23.3 Å². The largest absolute Gasteiger partial charge is 0.481 e. The molecule has 172 valence electrons. The number of carbonyl (C=O) groups is 3. The molecule has 1 fully saturated rings. The van der Waals surface area contributed by atoms with Crippen LogP contribution in [-0.2, 0) is 24.2 Å². The maximum absolute atomic E-state index is 12.6. The lowest BCUT2D eigenvalue weighted by molar-refractivity contribution is -0.411. The molecule has 1 aliphatic heterocycles. The molecule has 6 nitrogen and oxygen atoms in total. The zero-order valence-electron chi connectivity index (χ0n) is 19.6. The Morgan fingerprint density at radius 2 is 1.87 bits per heavy atom. The van der Waals surface area contributed by atoms with Crippen molar-refractivity contribution in [2.45, 2.75) is 111 Å². The number of aliphatic carboxylic acids is 1. The van der Waals surface area contributed by atoms with Crippen molar-refractivity contribution in [2.24, 2.45) is 11.3 Å². The van der Waals surface area contributed by atoms with Gasteiger partial charge >= 0.3 is 5.97 Å². The molecule has 1 N–H and O–H groups in total. The summed E-state index contributed by atoms with van der Waals surface area (Å²) in [6, 6.07) is 0. The second-order valence-electron chi connectivity index (χ2n) is 9.79. The van der Waals surface area contributed by atoms with Gasteiger partial charge in [0.25, 0.3) is 0 Å². The number of carbonyl (C=O) groups excluding carboxylic acids is 2. The van der Waals surface area contributed by atoms with Gasteiger partial charge in [0.2, 0.25) is 0 Å². The SMILES string of the molecule is CC(=O)CCCC(C)(C)C(=O)CC/C(C)=C/CC[C@]1(C)CC[C@H]([C@@H](C)C(=O)O)OO1. The van der Waals surface area contributed by atoms with E-state index in [9.17, 15) is 14.4 Å². The van der Waals surface area contributed by atoms with E-state index in [1.807, 2.05) is 27.7 Å². The predicted octanol–water partition coefficient (Wildman–Crippen LogP) is 5.44. The van der Waals surface area contributed by atoms with Crippen molar-refractivity contribution in [3.8, 4) is 0 Å². The smallest absolute Gasteiger partial charge is 0.308 e. The Morgan fingerprint density at radius 3 is 2.40 bits per heavy atom. The Kier molecular flexibility index (Phi) is 10.4. The van der Waals surface area contributed by atoms with Gasteiger partial charge in [-0.2, -0.15) is 0 Å². The highest BCUT2D eigenvalue weighted by Crippen LogP contribution is 2.33. The molecule has 1 rings (SSSR count). The normalized spacial score (nSPS) is 23.8. The second kappa shape index (κ2) is 11.8. The molecule has 30 heavy (non-hydrogen) atoms. The number of allylic oxidation sites excluding steroid dienone is 2. The number of hydrogen-bond acceptors (Lipinski definition) is 5. The minimum Gasteiger partial charge on any atom is -0.481 e. The Labute approximate surface area is 181 Å². The summed E-state index contributed by atoms with van der Waals surface area (Å²) in [6.07, 6.45) is 8.06. The van der Waals surface area contributed by atoms with Crippen molar-refractivity contribution in [1.82, 2.24) is 0 Å². The van der Waals surface area contributed by atoms with Gasteiger partial charge in [-0.05, 0) is 72.6 Å². The van der Waals surface area contributed by atoms with Crippen LogP contribution in [0.1, 0.15) is 99.3 Å². The summed E-state index contributed by atoms with van der Waals surface area (Å²) in [5, 5.41) is 9.09. The van der Waals surface area contributed by atoms with Gasteiger partial charge in [0.15, 0.2) is 0 Å². The van der Waals surface area contributed by atoms with Gasteiger partial charge in [0.05, 0.1) is 5.92 Å². The second-order valence-corrected chi connectivity index (χ2v) is 9.79. The molecule has 0 bridgehead atoms. The lowest BCUT2D eigenvalue weighted by Gasteiger charge is -2.37. The van der Waals surface area contributed by atoms with Crippen LogP contribution in [0.25, 0.3) is 0 Å². The lowest BCUT2D eigenvalue weighted by atomic mass is 9.80. The summed E-state index contributed by atoms with van der Waals surface area (Å²) in [6.45, 7) is 11.2. The van der Waals surface area contributed by atoms with Gasteiger partial charge in [-0.15, -0.1) is 0 Å². The molecule has 1 heterocycles. The van der Waals surface area contributed by atoms with Crippen LogP contribution < -0.4 is 0 Å². The summed E-state index contributed by atoms with van der Waals surface area (Å²) >= 11 is 0. The van der Waals surface area contributed by atoms with Gasteiger partial charge in [-0.1, -0.05) is 25.5 Å². The molecule has 0 aromatic carbocycles. The standard InChI is InChI=1S/C24H40O6/c1-17(11-12-21(26)23(4,5)14-8-10-18(2)25)9-7-15-24(6)16-13-20(29-30-24)19(3)22(27)28/h9,19-20H,7-8,10-16H2,1-6H3,(H,27,28)/b17-9+/t19-,20-,24-/m1/s1. The van der Waals surface area contributed by atoms with E-state index in [-0.39, 0.29) is 17.0 Å². The molecule has 1 saturated heterocycles. The van der Waals surface area contributed by atoms with Gasteiger partial charge in [0, 0.05) is 18.3 Å². The molecular formula is C24H40O6. The van der Waals surface area contributed by atoms with Crippen LogP contribution in [0.4, 0.5) is 0 Å². The monoisotopic (exact) mass is 424 g/mol. The van der Waals surface area contributed by atoms with Crippen LogP contribution >= 0.6 is 0 Å². The maximum atomic E-state index is 12.6. The third kappa shape index (κ3) is 9.09. The number of carboxylic acids is 1. The fourth-order valence-electron chi connectivity index (χ4n) is 3.67. The summed E-state index contributed by atoms with van der Waals surface area (Å²) in [7, 11) is 0. The average Bonchev–Trinajstić information content (AvgIpc) is 2.65. The highest BCUT2D eigenvalue weighted by molar-refractivity contribution is 5.84. The predicted molar refractivity (Wildman–Crippen MR) is 116 cm³/mol.